The molecule has 0 saturated carbocycles. The molecule has 0 aromatic rings. The van der Waals surface area contributed by atoms with Gasteiger partial charge in [0.1, 0.15) is 0 Å². The molecule has 0 amide bonds. The summed E-state index contributed by atoms with van der Waals surface area (Å²) in [5.41, 5.74) is 2.26. The fraction of sp³-hybridized carbons (Fsp3) is 0.250. The van der Waals surface area contributed by atoms with Gasteiger partial charge in [-0.2, -0.15) is 0 Å². The van der Waals surface area contributed by atoms with Crippen LogP contribution in [0.3, 0.4) is 0 Å². The van der Waals surface area contributed by atoms with Crippen molar-refractivity contribution in [2.24, 2.45) is 0 Å². The normalized spacial score (nSPS) is 5.67. The van der Waals surface area contributed by atoms with E-state index in [1.807, 2.05) is 0 Å². The van der Waals surface area contributed by atoms with E-state index in [-0.39, 0.29) is 0 Å². The minimum absolute atomic E-state index is 0.829. The summed E-state index contributed by atoms with van der Waals surface area (Å²) >= 11 is 2.10. The number of hydrogen-bond donors (Lipinski definition) is 0. The van der Waals surface area contributed by atoms with Crippen molar-refractivity contribution in [3.05, 3.63) is 11.8 Å². The Balaban J connectivity index is 3.47. The van der Waals surface area contributed by atoms with Gasteiger partial charge in [0.2, 0.25) is 0 Å². The topological polar surface area (TPSA) is 17.1 Å². The zero-order chi connectivity index (χ0) is 4.83. The molecule has 0 fully saturated rings. The van der Waals surface area contributed by atoms with E-state index in [1.165, 1.54) is 5.94 Å². The Kier molecular flexibility index (Phi) is 4.85. The number of hydrogen-bond acceptors (Lipinski definition) is 1. The van der Waals surface area contributed by atoms with E-state index in [4.69, 9.17) is 0 Å². The van der Waals surface area contributed by atoms with Crippen LogP contribution in [0.5, 0.6) is 0 Å². The van der Waals surface area contributed by atoms with Crippen LogP contribution < -0.4 is 0 Å². The van der Waals surface area contributed by atoms with Crippen LogP contribution in [0, 0.1) is 0 Å². The molecule has 1 nitrogen and oxygen atoms in total. The molecule has 0 bridgehead atoms. The maximum atomic E-state index is 9.29. The first kappa shape index (κ1) is 5.92. The van der Waals surface area contributed by atoms with Gasteiger partial charge in [-0.1, -0.05) is 0 Å². The van der Waals surface area contributed by atoms with Gasteiger partial charge in [-0.25, -0.2) is 0 Å². The molecule has 0 rings (SSSR count). The molecule has 6 heavy (non-hydrogen) atoms. The van der Waals surface area contributed by atoms with E-state index in [0.717, 1.165) is 4.81 Å². The predicted molar refractivity (Wildman–Crippen MR) is 18.6 cm³/mol. The second-order valence-corrected chi connectivity index (χ2v) is 1.51. The summed E-state index contributed by atoms with van der Waals surface area (Å²) in [5.74, 6) is 1.51. The average Bonchev–Trinajstić information content (AvgIpc) is 1.61. The van der Waals surface area contributed by atoms with Gasteiger partial charge in [0.25, 0.3) is 0 Å². The van der Waals surface area contributed by atoms with Crippen molar-refractivity contribution in [2.75, 3.05) is 0 Å². The molecule has 0 aliphatic rings. The zero-order valence-electron chi connectivity index (χ0n) is 3.01. The molecule has 35 valence electrons. The van der Waals surface area contributed by atoms with Crippen LogP contribution in [0.25, 0.3) is 0 Å². The van der Waals surface area contributed by atoms with Gasteiger partial charge in [0.15, 0.2) is 0 Å². The Morgan fingerprint density at radius 1 is 1.83 bits per heavy atom. The predicted octanol–water partition coefficient (Wildman–Crippen LogP) is 0.494. The molecule has 0 N–H and O–H groups in total. The first-order chi connectivity index (χ1) is 2.91. The number of rotatable bonds is 1. The second-order valence-electron chi connectivity index (χ2n) is 0.580. The Hall–Kier alpha value is -0.0817. The fourth-order valence-electron chi connectivity index (χ4n) is 0.0739. The number of allylic oxidation sites excluding steroid dienone is 1. The van der Waals surface area contributed by atoms with E-state index >= 15 is 0 Å². The molecule has 0 saturated heterocycles. The minimum atomic E-state index is 0.829. The molecular formula is C4H3OPt. The molecule has 0 unspecified atom stereocenters. The van der Waals surface area contributed by atoms with Crippen LogP contribution >= 0.6 is 0 Å². The van der Waals surface area contributed by atoms with Crippen molar-refractivity contribution in [1.82, 2.24) is 0 Å². The quantitative estimate of drug-likeness (QED) is 0.496. The van der Waals surface area contributed by atoms with Gasteiger partial charge in [-0.15, -0.1) is 0 Å². The standard InChI is InChI=1S/C4H3O.Pt/c1-2-3-4-5;/h2H,1H2;. The zero-order valence-corrected chi connectivity index (χ0v) is 5.28. The van der Waals surface area contributed by atoms with E-state index < -0.39 is 0 Å². The van der Waals surface area contributed by atoms with E-state index in [2.05, 4.69) is 25.5 Å². The first-order valence-electron chi connectivity index (χ1n) is 1.37. The van der Waals surface area contributed by atoms with Crippen LogP contribution in [0.1, 0.15) is 0 Å². The molecule has 0 spiro atoms. The Morgan fingerprint density at radius 2 is 2.50 bits per heavy atom. The van der Waals surface area contributed by atoms with Crippen LogP contribution in [-0.2, 0) is 24.6 Å². The molecule has 2 heteroatoms. The molecule has 0 aromatic heterocycles. The van der Waals surface area contributed by atoms with Crippen molar-refractivity contribution in [1.29, 1.82) is 0 Å². The van der Waals surface area contributed by atoms with Gasteiger partial charge < -0.3 is 0 Å². The van der Waals surface area contributed by atoms with E-state index in [1.54, 1.807) is 6.08 Å². The molecule has 0 atom stereocenters. The van der Waals surface area contributed by atoms with Crippen LogP contribution in [-0.4, -0.2) is 5.94 Å². The van der Waals surface area contributed by atoms with Crippen molar-refractivity contribution < 1.29 is 24.6 Å². The van der Waals surface area contributed by atoms with Crippen LogP contribution in [0.15, 0.2) is 11.8 Å². The molecule has 0 aliphatic heterocycles. The Morgan fingerprint density at radius 3 is 2.67 bits per heavy atom. The van der Waals surface area contributed by atoms with Crippen molar-refractivity contribution >= 4 is 5.94 Å². The molecule has 0 aliphatic carbocycles. The van der Waals surface area contributed by atoms with Crippen LogP contribution in [0.4, 0.5) is 0 Å². The maximum absolute atomic E-state index is 9.29. The summed E-state index contributed by atoms with van der Waals surface area (Å²) in [6.45, 7) is 0. The van der Waals surface area contributed by atoms with Gasteiger partial charge in [0, 0.05) is 0 Å². The second kappa shape index (κ2) is 4.92. The average molecular weight is 262 g/mol. The molecule has 0 aromatic carbocycles. The number of carbonyl (C=O) groups excluding carboxylic acids is 1. The monoisotopic (exact) mass is 262 g/mol. The summed E-state index contributed by atoms with van der Waals surface area (Å²) in [6, 6.07) is 0. The van der Waals surface area contributed by atoms with Crippen LogP contribution in [0.2, 0.25) is 4.81 Å². The van der Waals surface area contributed by atoms with E-state index in [9.17, 15) is 4.79 Å². The molecule has 0 radical (unpaired) electrons. The summed E-state index contributed by atoms with van der Waals surface area (Å²) in [4.78, 5) is 10.1. The third-order valence-corrected chi connectivity index (χ3v) is 0.689. The summed E-state index contributed by atoms with van der Waals surface area (Å²) in [6.07, 6.45) is 1.62. The summed E-state index contributed by atoms with van der Waals surface area (Å²) < 4.78 is 0. The van der Waals surface area contributed by atoms with Gasteiger partial charge in [0.05, 0.1) is 0 Å². The molecular weight excluding hydrogens is 259 g/mol. The van der Waals surface area contributed by atoms with Crippen molar-refractivity contribution in [3.63, 3.8) is 0 Å². The summed E-state index contributed by atoms with van der Waals surface area (Å²) in [5, 5.41) is 0. The fourth-order valence-corrected chi connectivity index (χ4v) is 0.306. The van der Waals surface area contributed by atoms with Gasteiger partial charge >= 0.3 is 47.2 Å². The van der Waals surface area contributed by atoms with E-state index in [0.29, 0.717) is 0 Å². The van der Waals surface area contributed by atoms with Crippen molar-refractivity contribution in [3.8, 4) is 0 Å². The SMILES string of the molecule is O=C=C=C[CH2][Pt]. The summed E-state index contributed by atoms with van der Waals surface area (Å²) in [7, 11) is 0. The molecule has 0 heterocycles. The first-order valence-corrected chi connectivity index (χ1v) is 2.98. The van der Waals surface area contributed by atoms with Crippen molar-refractivity contribution in [2.45, 2.75) is 4.81 Å². The van der Waals surface area contributed by atoms with Gasteiger partial charge in [-0.05, 0) is 0 Å². The Labute approximate surface area is 47.6 Å². The third-order valence-electron chi connectivity index (χ3n) is 0.226. The van der Waals surface area contributed by atoms with Gasteiger partial charge in [-0.3, -0.25) is 0 Å². The Bertz CT molecular complexity index is 96.1. The third kappa shape index (κ3) is 3.92.